The molecule has 4 N–H and O–H groups in total. The average Bonchev–Trinajstić information content (AvgIpc) is 2.45. The Labute approximate surface area is 134 Å². The van der Waals surface area contributed by atoms with Crippen LogP contribution in [0.5, 0.6) is 0 Å². The van der Waals surface area contributed by atoms with E-state index in [1.807, 2.05) is 0 Å². The number of fused-ring (bicyclic) bond motifs is 1. The standard InChI is InChI=1S/C16H12O8/c1-5-3-7(13(17)18)12(16(23)24)10-6(2)4-8(14(19)20)11(9(5)10)15(21)22/h3-4H,1-2H3,(H,17,18)(H,19,20)(H,21,22)(H,23,24). The summed E-state index contributed by atoms with van der Waals surface area (Å²) in [6.07, 6.45) is 0. The van der Waals surface area contributed by atoms with E-state index in [-0.39, 0.29) is 21.9 Å². The Kier molecular flexibility index (Phi) is 3.99. The maximum absolute atomic E-state index is 11.6. The van der Waals surface area contributed by atoms with E-state index >= 15 is 0 Å². The van der Waals surface area contributed by atoms with Crippen molar-refractivity contribution < 1.29 is 39.6 Å². The number of hydrogen-bond acceptors (Lipinski definition) is 4. The Balaban J connectivity index is 3.25. The molecule has 0 bridgehead atoms. The molecule has 0 saturated heterocycles. The Morgan fingerprint density at radius 2 is 0.917 bits per heavy atom. The third kappa shape index (κ3) is 2.43. The third-order valence-electron chi connectivity index (χ3n) is 3.69. The monoisotopic (exact) mass is 332 g/mol. The molecule has 0 unspecified atom stereocenters. The Bertz CT molecular complexity index is 862. The molecule has 0 aromatic heterocycles. The van der Waals surface area contributed by atoms with Gasteiger partial charge in [-0.15, -0.1) is 0 Å². The molecule has 8 heteroatoms. The van der Waals surface area contributed by atoms with Crippen LogP contribution in [0.25, 0.3) is 10.8 Å². The molecule has 2 aromatic carbocycles. The van der Waals surface area contributed by atoms with Gasteiger partial charge in [0.05, 0.1) is 22.3 Å². The van der Waals surface area contributed by atoms with Crippen molar-refractivity contribution >= 4 is 34.6 Å². The van der Waals surface area contributed by atoms with Crippen molar-refractivity contribution in [2.45, 2.75) is 13.8 Å². The summed E-state index contributed by atoms with van der Waals surface area (Å²) >= 11 is 0. The van der Waals surface area contributed by atoms with Crippen LogP contribution in [-0.2, 0) is 0 Å². The summed E-state index contributed by atoms with van der Waals surface area (Å²) in [6, 6.07) is 2.07. The topological polar surface area (TPSA) is 149 Å². The summed E-state index contributed by atoms with van der Waals surface area (Å²) in [5.41, 5.74) is -1.79. The van der Waals surface area contributed by atoms with Crippen molar-refractivity contribution in [1.29, 1.82) is 0 Å². The number of benzene rings is 2. The van der Waals surface area contributed by atoms with Gasteiger partial charge in [-0.2, -0.15) is 0 Å². The normalized spacial score (nSPS) is 10.6. The molecule has 0 radical (unpaired) electrons. The molecule has 0 aliphatic rings. The molecule has 0 atom stereocenters. The van der Waals surface area contributed by atoms with Crippen LogP contribution in [0.2, 0.25) is 0 Å². The second-order valence-corrected chi connectivity index (χ2v) is 5.20. The van der Waals surface area contributed by atoms with Gasteiger partial charge in [0, 0.05) is 10.8 Å². The minimum atomic E-state index is -1.54. The first-order chi connectivity index (χ1) is 11.1. The molecule has 24 heavy (non-hydrogen) atoms. The lowest BCUT2D eigenvalue weighted by atomic mass is 9.87. The molecule has 0 heterocycles. The molecule has 0 fully saturated rings. The van der Waals surface area contributed by atoms with Crippen LogP contribution >= 0.6 is 0 Å². The van der Waals surface area contributed by atoms with Gasteiger partial charge in [0.2, 0.25) is 0 Å². The van der Waals surface area contributed by atoms with Gasteiger partial charge < -0.3 is 20.4 Å². The smallest absolute Gasteiger partial charge is 0.337 e. The maximum Gasteiger partial charge on any atom is 0.337 e. The highest BCUT2D eigenvalue weighted by molar-refractivity contribution is 6.20. The molecular weight excluding hydrogens is 320 g/mol. The molecule has 8 nitrogen and oxygen atoms in total. The first-order valence-electron chi connectivity index (χ1n) is 6.62. The number of carboxylic acids is 4. The molecule has 0 aliphatic heterocycles. The van der Waals surface area contributed by atoms with Crippen LogP contribution in [0, 0.1) is 13.8 Å². The fourth-order valence-electron chi connectivity index (χ4n) is 2.81. The summed E-state index contributed by atoms with van der Waals surface area (Å²) in [5.74, 6) is -6.04. The van der Waals surface area contributed by atoms with E-state index in [0.29, 0.717) is 0 Å². The van der Waals surface area contributed by atoms with Crippen LogP contribution in [0.4, 0.5) is 0 Å². The highest BCUT2D eigenvalue weighted by Crippen LogP contribution is 2.34. The van der Waals surface area contributed by atoms with Crippen molar-refractivity contribution in [2.75, 3.05) is 0 Å². The largest absolute Gasteiger partial charge is 0.478 e. The Morgan fingerprint density at radius 3 is 1.12 bits per heavy atom. The second kappa shape index (κ2) is 5.65. The zero-order valence-corrected chi connectivity index (χ0v) is 12.6. The zero-order valence-electron chi connectivity index (χ0n) is 12.6. The van der Waals surface area contributed by atoms with E-state index in [1.54, 1.807) is 0 Å². The van der Waals surface area contributed by atoms with Crippen molar-refractivity contribution in [2.24, 2.45) is 0 Å². The number of aromatic carboxylic acids is 4. The van der Waals surface area contributed by atoms with Gasteiger partial charge in [0.25, 0.3) is 0 Å². The molecule has 2 aromatic rings. The molecule has 124 valence electrons. The third-order valence-corrected chi connectivity index (χ3v) is 3.69. The number of rotatable bonds is 4. The van der Waals surface area contributed by atoms with Crippen LogP contribution in [-0.4, -0.2) is 44.3 Å². The first-order valence-corrected chi connectivity index (χ1v) is 6.62. The van der Waals surface area contributed by atoms with E-state index in [1.165, 1.54) is 13.8 Å². The molecule has 2 rings (SSSR count). The Morgan fingerprint density at radius 1 is 0.625 bits per heavy atom. The second-order valence-electron chi connectivity index (χ2n) is 5.20. The highest BCUT2D eigenvalue weighted by Gasteiger charge is 2.28. The predicted octanol–water partition coefficient (Wildman–Crippen LogP) is 2.25. The Hall–Kier alpha value is -3.42. The number of hydrogen-bond donors (Lipinski definition) is 4. The molecule has 0 spiro atoms. The van der Waals surface area contributed by atoms with Gasteiger partial charge in [-0.25, -0.2) is 19.2 Å². The van der Waals surface area contributed by atoms with Gasteiger partial charge in [-0.3, -0.25) is 0 Å². The average molecular weight is 332 g/mol. The summed E-state index contributed by atoms with van der Waals surface area (Å²) in [5, 5.41) is 37.1. The van der Waals surface area contributed by atoms with Crippen LogP contribution in [0.1, 0.15) is 52.6 Å². The van der Waals surface area contributed by atoms with E-state index in [0.717, 1.165) is 12.1 Å². The summed E-state index contributed by atoms with van der Waals surface area (Å²) in [6.45, 7) is 2.80. The fraction of sp³-hybridized carbons (Fsp3) is 0.125. The van der Waals surface area contributed by atoms with E-state index in [4.69, 9.17) is 0 Å². The fourth-order valence-corrected chi connectivity index (χ4v) is 2.81. The maximum atomic E-state index is 11.6. The van der Waals surface area contributed by atoms with Gasteiger partial charge >= 0.3 is 23.9 Å². The molecular formula is C16H12O8. The number of carboxylic acid groups (broad SMARTS) is 4. The predicted molar refractivity (Wildman–Crippen MR) is 81.3 cm³/mol. The van der Waals surface area contributed by atoms with Gasteiger partial charge in [0.1, 0.15) is 0 Å². The lowest BCUT2D eigenvalue weighted by Crippen LogP contribution is -2.15. The summed E-state index contributed by atoms with van der Waals surface area (Å²) in [4.78, 5) is 45.9. The minimum Gasteiger partial charge on any atom is -0.478 e. The molecule has 0 aliphatic carbocycles. The number of carbonyl (C=O) groups is 4. The lowest BCUT2D eigenvalue weighted by Gasteiger charge is -2.16. The highest BCUT2D eigenvalue weighted by atomic mass is 16.4. The van der Waals surface area contributed by atoms with Crippen molar-refractivity contribution in [1.82, 2.24) is 0 Å². The first kappa shape index (κ1) is 16.9. The minimum absolute atomic E-state index is 0.0951. The van der Waals surface area contributed by atoms with Gasteiger partial charge in [-0.05, 0) is 37.1 Å². The van der Waals surface area contributed by atoms with E-state index in [9.17, 15) is 39.6 Å². The van der Waals surface area contributed by atoms with Crippen LogP contribution in [0.15, 0.2) is 12.1 Å². The zero-order chi connectivity index (χ0) is 18.3. The summed E-state index contributed by atoms with van der Waals surface area (Å²) in [7, 11) is 0. The molecule has 0 saturated carbocycles. The summed E-state index contributed by atoms with van der Waals surface area (Å²) < 4.78 is 0. The molecule has 0 amide bonds. The van der Waals surface area contributed by atoms with Gasteiger partial charge in [-0.1, -0.05) is 0 Å². The van der Waals surface area contributed by atoms with Crippen LogP contribution < -0.4 is 0 Å². The van der Waals surface area contributed by atoms with E-state index in [2.05, 4.69) is 0 Å². The number of aryl methyl sites for hydroxylation is 2. The van der Waals surface area contributed by atoms with Crippen molar-refractivity contribution in [3.05, 3.63) is 45.5 Å². The van der Waals surface area contributed by atoms with Gasteiger partial charge in [0.15, 0.2) is 0 Å². The quantitative estimate of drug-likeness (QED) is 0.666. The van der Waals surface area contributed by atoms with Crippen LogP contribution in [0.3, 0.4) is 0 Å². The SMILES string of the molecule is Cc1cc(C(=O)O)c(C(=O)O)c2c(C)cc(C(=O)O)c(C(=O)O)c12. The van der Waals surface area contributed by atoms with E-state index < -0.39 is 46.1 Å². The van der Waals surface area contributed by atoms with Crippen molar-refractivity contribution in [3.8, 4) is 0 Å². The lowest BCUT2D eigenvalue weighted by molar-refractivity contribution is 0.0651. The van der Waals surface area contributed by atoms with Crippen molar-refractivity contribution in [3.63, 3.8) is 0 Å².